The molecule has 0 heterocycles. The molecule has 4 nitrogen and oxygen atoms in total. The van der Waals surface area contributed by atoms with Crippen LogP contribution in [0.4, 0.5) is 0 Å². The van der Waals surface area contributed by atoms with Crippen molar-refractivity contribution in [2.75, 3.05) is 0 Å². The minimum absolute atomic E-state index is 0.165. The van der Waals surface area contributed by atoms with Crippen LogP contribution in [0.1, 0.15) is 84.5 Å². The van der Waals surface area contributed by atoms with Crippen LogP contribution >= 0.6 is 0 Å². The lowest BCUT2D eigenvalue weighted by Gasteiger charge is -2.25. The number of aryl methyl sites for hydroxylation is 2. The third-order valence-electron chi connectivity index (χ3n) is 9.68. The van der Waals surface area contributed by atoms with Crippen molar-refractivity contribution in [1.82, 2.24) is 0 Å². The van der Waals surface area contributed by atoms with Gasteiger partial charge in [0.25, 0.3) is 0 Å². The molecular weight excluding hydrogens is 592 g/mol. The number of benzene rings is 5. The molecule has 0 aliphatic carbocycles. The monoisotopic (exact) mass is 634 g/mol. The Morgan fingerprint density at radius 3 is 1.06 bits per heavy atom. The summed E-state index contributed by atoms with van der Waals surface area (Å²) in [5.74, 6) is -1.96. The van der Waals surface area contributed by atoms with E-state index in [1.165, 1.54) is 11.1 Å². The predicted octanol–water partition coefficient (Wildman–Crippen LogP) is 11.7. The van der Waals surface area contributed by atoms with E-state index in [0.29, 0.717) is 0 Å². The van der Waals surface area contributed by atoms with E-state index in [2.05, 4.69) is 104 Å². The third-order valence-corrected chi connectivity index (χ3v) is 9.68. The van der Waals surface area contributed by atoms with Crippen molar-refractivity contribution in [1.29, 1.82) is 0 Å². The van der Waals surface area contributed by atoms with Crippen LogP contribution in [0.15, 0.2) is 97.1 Å². The molecule has 242 valence electrons. The molecule has 6 aromatic rings. The molecule has 0 unspecified atom stereocenters. The average Bonchev–Trinajstić information content (AvgIpc) is 3.03. The fourth-order valence-corrected chi connectivity index (χ4v) is 6.75. The summed E-state index contributed by atoms with van der Waals surface area (Å²) in [4.78, 5) is 23.9. The lowest BCUT2D eigenvalue weighted by Crippen LogP contribution is -2.12. The van der Waals surface area contributed by atoms with Crippen molar-refractivity contribution < 1.29 is 19.8 Å². The van der Waals surface area contributed by atoms with Gasteiger partial charge in [-0.3, -0.25) is 0 Å². The third kappa shape index (κ3) is 5.77. The van der Waals surface area contributed by atoms with Crippen LogP contribution < -0.4 is 0 Å². The van der Waals surface area contributed by atoms with Crippen LogP contribution in [0.5, 0.6) is 0 Å². The molecule has 0 aliphatic rings. The first-order valence-electron chi connectivity index (χ1n) is 16.4. The highest BCUT2D eigenvalue weighted by atomic mass is 16.4. The van der Waals surface area contributed by atoms with E-state index in [1.54, 1.807) is 24.3 Å². The van der Waals surface area contributed by atoms with Crippen LogP contribution in [0.25, 0.3) is 54.6 Å². The number of carboxylic acid groups (broad SMARTS) is 2. The molecule has 0 amide bonds. The van der Waals surface area contributed by atoms with Crippen LogP contribution in [-0.2, 0) is 10.8 Å². The fourth-order valence-electron chi connectivity index (χ4n) is 6.75. The molecule has 0 saturated carbocycles. The van der Waals surface area contributed by atoms with E-state index < -0.39 is 11.9 Å². The summed E-state index contributed by atoms with van der Waals surface area (Å²) in [7, 11) is 0. The summed E-state index contributed by atoms with van der Waals surface area (Å²) in [6.07, 6.45) is 0. The van der Waals surface area contributed by atoms with Gasteiger partial charge < -0.3 is 10.2 Å². The van der Waals surface area contributed by atoms with Crippen molar-refractivity contribution in [3.05, 3.63) is 130 Å². The second-order valence-electron chi connectivity index (χ2n) is 15.0. The molecular formula is C44H42O4. The highest BCUT2D eigenvalue weighted by molar-refractivity contribution is 6.15. The van der Waals surface area contributed by atoms with Gasteiger partial charge in [0.15, 0.2) is 0 Å². The first-order valence-corrected chi connectivity index (χ1v) is 16.4. The number of fused-ring (bicyclic) bond motifs is 7. The van der Waals surface area contributed by atoms with Gasteiger partial charge in [-0.25, -0.2) is 9.59 Å². The molecule has 0 radical (unpaired) electrons. The first kappa shape index (κ1) is 32.7. The number of carboxylic acids is 2. The largest absolute Gasteiger partial charge is 0.478 e. The van der Waals surface area contributed by atoms with Crippen molar-refractivity contribution in [3.63, 3.8) is 0 Å². The molecule has 0 aromatic heterocycles. The zero-order chi connectivity index (χ0) is 34.7. The van der Waals surface area contributed by atoms with E-state index in [4.69, 9.17) is 0 Å². The Kier molecular flexibility index (Phi) is 8.03. The molecule has 4 heteroatoms. The molecule has 6 aromatic carbocycles. The zero-order valence-electron chi connectivity index (χ0n) is 28.9. The summed E-state index contributed by atoms with van der Waals surface area (Å²) in [6, 6.07) is 32.1. The highest BCUT2D eigenvalue weighted by Gasteiger charge is 2.23. The van der Waals surface area contributed by atoms with Gasteiger partial charge in [0.05, 0.1) is 11.1 Å². The Balaban J connectivity index is 2.03. The Hall–Kier alpha value is -5.22. The molecule has 0 aliphatic heterocycles. The van der Waals surface area contributed by atoms with E-state index >= 15 is 0 Å². The molecule has 0 fully saturated rings. The minimum atomic E-state index is -0.978. The van der Waals surface area contributed by atoms with Crippen LogP contribution in [0, 0.1) is 13.8 Å². The highest BCUT2D eigenvalue weighted by Crippen LogP contribution is 2.45. The van der Waals surface area contributed by atoms with Gasteiger partial charge in [-0.2, -0.15) is 0 Å². The van der Waals surface area contributed by atoms with Crippen molar-refractivity contribution in [3.8, 4) is 22.3 Å². The summed E-state index contributed by atoms with van der Waals surface area (Å²) < 4.78 is 0. The molecule has 4 bridgehead atoms. The smallest absolute Gasteiger partial charge is 0.335 e. The van der Waals surface area contributed by atoms with Gasteiger partial charge >= 0.3 is 11.9 Å². The summed E-state index contributed by atoms with van der Waals surface area (Å²) in [5, 5.41) is 26.3. The minimum Gasteiger partial charge on any atom is -0.478 e. The first-order chi connectivity index (χ1) is 22.6. The summed E-state index contributed by atoms with van der Waals surface area (Å²) in [5.41, 5.74) is 8.42. The van der Waals surface area contributed by atoms with Gasteiger partial charge in [0.1, 0.15) is 0 Å². The molecule has 2 N–H and O–H groups in total. The molecule has 0 atom stereocenters. The van der Waals surface area contributed by atoms with Crippen molar-refractivity contribution >= 4 is 44.3 Å². The zero-order valence-corrected chi connectivity index (χ0v) is 28.9. The standard InChI is InChI=1S/C44H42O4/c1-25-35-21-31(43(3,4)5)23-37(25)39(27-13-17-29(18-14-27)41(45)46)40(28-15-19-30(20-16-28)42(47)48)38-24-32(44(6,7)8)22-36(26(38)2)34-12-10-9-11-33(34)35/h9-24H,1-8H3,(H,45,46)(H,47,48). The quantitative estimate of drug-likeness (QED) is 0.202. The number of rotatable bonds is 4. The van der Waals surface area contributed by atoms with E-state index in [9.17, 15) is 19.8 Å². The SMILES string of the molecule is Cc1c2cc(C(C)(C)C)cc1c1ccccc1c1cc(C(C)(C)C)cc(c(-c3ccc(C(=O)O)cc3)c2-c2ccc(C(=O)O)cc2)c1C. The van der Waals surface area contributed by atoms with Crippen LogP contribution in [0.3, 0.4) is 0 Å². The van der Waals surface area contributed by atoms with E-state index in [0.717, 1.165) is 65.7 Å². The van der Waals surface area contributed by atoms with Crippen LogP contribution in [0.2, 0.25) is 0 Å². The maximum absolute atomic E-state index is 11.9. The Morgan fingerprint density at radius 2 is 0.771 bits per heavy atom. The van der Waals surface area contributed by atoms with Crippen molar-refractivity contribution in [2.45, 2.75) is 66.2 Å². The topological polar surface area (TPSA) is 74.6 Å². The van der Waals surface area contributed by atoms with Gasteiger partial charge in [0.2, 0.25) is 0 Å². The Labute approximate surface area is 282 Å². The number of carbonyl (C=O) groups is 2. The van der Waals surface area contributed by atoms with Gasteiger partial charge in [-0.1, -0.05) is 114 Å². The van der Waals surface area contributed by atoms with E-state index in [1.807, 2.05) is 24.3 Å². The fraction of sp³-hybridized carbons (Fsp3) is 0.227. The van der Waals surface area contributed by atoms with Crippen molar-refractivity contribution in [2.24, 2.45) is 0 Å². The van der Waals surface area contributed by atoms with Crippen LogP contribution in [-0.4, -0.2) is 22.2 Å². The second-order valence-corrected chi connectivity index (χ2v) is 15.0. The van der Waals surface area contributed by atoms with Gasteiger partial charge in [-0.15, -0.1) is 0 Å². The second kappa shape index (κ2) is 11.8. The molecule has 48 heavy (non-hydrogen) atoms. The maximum Gasteiger partial charge on any atom is 0.335 e. The molecule has 0 spiro atoms. The lowest BCUT2D eigenvalue weighted by molar-refractivity contribution is 0.0686. The predicted molar refractivity (Wildman–Crippen MR) is 199 cm³/mol. The van der Waals surface area contributed by atoms with Gasteiger partial charge in [-0.05, 0) is 126 Å². The number of aromatic carboxylic acids is 2. The van der Waals surface area contributed by atoms with Gasteiger partial charge in [0, 0.05) is 0 Å². The maximum atomic E-state index is 11.9. The number of hydrogen-bond donors (Lipinski definition) is 2. The van der Waals surface area contributed by atoms with E-state index in [-0.39, 0.29) is 22.0 Å². The summed E-state index contributed by atoms with van der Waals surface area (Å²) in [6.45, 7) is 17.7. The molecule has 0 saturated heterocycles. The average molecular weight is 635 g/mol. The Bertz CT molecular complexity index is 2130. The number of hydrogen-bond acceptors (Lipinski definition) is 2. The molecule has 6 rings (SSSR count). The normalized spacial score (nSPS) is 12.1. The summed E-state index contributed by atoms with van der Waals surface area (Å²) >= 11 is 0. The Morgan fingerprint density at radius 1 is 0.458 bits per heavy atom. The lowest BCUT2D eigenvalue weighted by atomic mass is 9.79.